The van der Waals surface area contributed by atoms with E-state index in [0.717, 1.165) is 12.8 Å². The highest BCUT2D eigenvalue weighted by molar-refractivity contribution is 5.77. The summed E-state index contributed by atoms with van der Waals surface area (Å²) in [6.07, 6.45) is 1.99. The summed E-state index contributed by atoms with van der Waals surface area (Å²) in [6.45, 7) is 4.15. The summed E-state index contributed by atoms with van der Waals surface area (Å²) in [6, 6.07) is 0.775. The van der Waals surface area contributed by atoms with E-state index in [9.17, 15) is 4.79 Å². The molecule has 1 saturated heterocycles. The molecular formula is C8H16N2O. The molecule has 1 amide bonds. The zero-order chi connectivity index (χ0) is 8.43. The second-order valence-corrected chi connectivity index (χ2v) is 3.44. The van der Waals surface area contributed by atoms with Crippen molar-refractivity contribution in [3.05, 3.63) is 0 Å². The van der Waals surface area contributed by atoms with E-state index in [1.165, 1.54) is 0 Å². The van der Waals surface area contributed by atoms with Crippen LogP contribution in [0, 0.1) is 5.92 Å². The molecule has 1 rings (SSSR count). The molecule has 0 aromatic carbocycles. The van der Waals surface area contributed by atoms with Crippen LogP contribution < -0.4 is 11.1 Å². The second-order valence-electron chi connectivity index (χ2n) is 3.44. The summed E-state index contributed by atoms with van der Waals surface area (Å²) in [7, 11) is 0. The van der Waals surface area contributed by atoms with E-state index in [4.69, 9.17) is 5.73 Å². The van der Waals surface area contributed by atoms with Gasteiger partial charge in [-0.25, -0.2) is 0 Å². The monoisotopic (exact) mass is 156 g/mol. The molecule has 0 radical (unpaired) electrons. The first-order valence-electron chi connectivity index (χ1n) is 4.16. The zero-order valence-corrected chi connectivity index (χ0v) is 7.13. The van der Waals surface area contributed by atoms with Gasteiger partial charge in [0.15, 0.2) is 0 Å². The Labute approximate surface area is 67.3 Å². The number of amides is 1. The van der Waals surface area contributed by atoms with Crippen molar-refractivity contribution in [3.8, 4) is 0 Å². The summed E-state index contributed by atoms with van der Waals surface area (Å²) in [5.41, 5.74) is 5.22. The number of primary amides is 1. The predicted octanol–water partition coefficient (Wildman–Crippen LogP) is 0.248. The number of nitrogens with one attached hydrogen (secondary N) is 1. The first kappa shape index (κ1) is 8.53. The van der Waals surface area contributed by atoms with Crippen LogP contribution in [0.2, 0.25) is 0 Å². The fourth-order valence-electron chi connectivity index (χ4n) is 1.72. The molecule has 0 saturated carbocycles. The maximum Gasteiger partial charge on any atom is 0.222 e. The van der Waals surface area contributed by atoms with E-state index in [1.54, 1.807) is 0 Å². The molecule has 3 atom stereocenters. The van der Waals surface area contributed by atoms with E-state index < -0.39 is 0 Å². The van der Waals surface area contributed by atoms with Crippen molar-refractivity contribution in [1.82, 2.24) is 5.32 Å². The average Bonchev–Trinajstić information content (AvgIpc) is 1.85. The molecule has 1 aliphatic heterocycles. The van der Waals surface area contributed by atoms with Crippen molar-refractivity contribution >= 4 is 5.91 Å². The molecule has 0 bridgehead atoms. The number of carbonyl (C=O) groups is 1. The van der Waals surface area contributed by atoms with E-state index in [2.05, 4.69) is 12.2 Å². The van der Waals surface area contributed by atoms with Crippen molar-refractivity contribution in [2.45, 2.75) is 38.8 Å². The largest absolute Gasteiger partial charge is 0.369 e. The summed E-state index contributed by atoms with van der Waals surface area (Å²) >= 11 is 0. The van der Waals surface area contributed by atoms with Gasteiger partial charge in [0, 0.05) is 12.1 Å². The third-order valence-electron chi connectivity index (χ3n) is 2.43. The molecule has 1 heterocycles. The van der Waals surface area contributed by atoms with Crippen molar-refractivity contribution in [3.63, 3.8) is 0 Å². The molecule has 0 aliphatic carbocycles. The van der Waals surface area contributed by atoms with Gasteiger partial charge in [-0.3, -0.25) is 4.79 Å². The van der Waals surface area contributed by atoms with Crippen LogP contribution in [0.15, 0.2) is 0 Å². The van der Waals surface area contributed by atoms with Crippen LogP contribution in [0.4, 0.5) is 0 Å². The van der Waals surface area contributed by atoms with Gasteiger partial charge in [-0.2, -0.15) is 0 Å². The van der Waals surface area contributed by atoms with Gasteiger partial charge in [0.05, 0.1) is 5.92 Å². The number of hydrogen-bond donors (Lipinski definition) is 2. The molecule has 0 unspecified atom stereocenters. The lowest BCUT2D eigenvalue weighted by molar-refractivity contribution is -0.123. The Hall–Kier alpha value is -0.570. The average molecular weight is 156 g/mol. The first-order valence-corrected chi connectivity index (χ1v) is 4.16. The van der Waals surface area contributed by atoms with Crippen LogP contribution in [0.3, 0.4) is 0 Å². The highest BCUT2D eigenvalue weighted by Crippen LogP contribution is 2.18. The molecule has 0 aromatic rings. The molecule has 3 N–H and O–H groups in total. The Kier molecular flexibility index (Phi) is 2.49. The topological polar surface area (TPSA) is 55.1 Å². The third-order valence-corrected chi connectivity index (χ3v) is 2.43. The maximum absolute atomic E-state index is 10.9. The highest BCUT2D eigenvalue weighted by atomic mass is 16.1. The minimum Gasteiger partial charge on any atom is -0.369 e. The smallest absolute Gasteiger partial charge is 0.222 e. The van der Waals surface area contributed by atoms with Gasteiger partial charge in [0.25, 0.3) is 0 Å². The fourth-order valence-corrected chi connectivity index (χ4v) is 1.72. The summed E-state index contributed by atoms with van der Waals surface area (Å²) in [5.74, 6) is -0.136. The van der Waals surface area contributed by atoms with Gasteiger partial charge in [0.1, 0.15) is 0 Å². The maximum atomic E-state index is 10.9. The molecular weight excluding hydrogens is 140 g/mol. The van der Waals surface area contributed by atoms with Crippen molar-refractivity contribution < 1.29 is 4.79 Å². The van der Waals surface area contributed by atoms with Crippen molar-refractivity contribution in [1.29, 1.82) is 0 Å². The van der Waals surface area contributed by atoms with Gasteiger partial charge < -0.3 is 11.1 Å². The lowest BCUT2D eigenvalue weighted by Crippen LogP contribution is -2.48. The number of rotatable bonds is 1. The van der Waals surface area contributed by atoms with E-state index in [1.807, 2.05) is 6.92 Å². The minimum atomic E-state index is -0.170. The Morgan fingerprint density at radius 2 is 2.09 bits per heavy atom. The summed E-state index contributed by atoms with van der Waals surface area (Å²) in [5, 5.41) is 3.31. The Morgan fingerprint density at radius 1 is 1.45 bits per heavy atom. The number of nitrogens with two attached hydrogens (primary N) is 1. The second kappa shape index (κ2) is 3.22. The van der Waals surface area contributed by atoms with Crippen LogP contribution in [0.5, 0.6) is 0 Å². The van der Waals surface area contributed by atoms with Gasteiger partial charge in [-0.15, -0.1) is 0 Å². The van der Waals surface area contributed by atoms with E-state index in [0.29, 0.717) is 6.04 Å². The fraction of sp³-hybridized carbons (Fsp3) is 0.875. The molecule has 0 aromatic heterocycles. The van der Waals surface area contributed by atoms with Crippen molar-refractivity contribution in [2.75, 3.05) is 0 Å². The first-order chi connectivity index (χ1) is 5.11. The van der Waals surface area contributed by atoms with E-state index in [-0.39, 0.29) is 17.9 Å². The molecule has 64 valence electrons. The van der Waals surface area contributed by atoms with Crippen molar-refractivity contribution in [2.24, 2.45) is 11.7 Å². The van der Waals surface area contributed by atoms with Gasteiger partial charge in [0.2, 0.25) is 5.91 Å². The van der Waals surface area contributed by atoms with E-state index >= 15 is 0 Å². The number of carbonyl (C=O) groups excluding carboxylic acids is 1. The Bertz CT molecular complexity index is 158. The SMILES string of the molecule is C[C@@H]1CC[C@@H](C(N)=O)[C@@H](C)N1. The van der Waals surface area contributed by atoms with Crippen LogP contribution in [-0.4, -0.2) is 18.0 Å². The minimum absolute atomic E-state index is 0.0335. The normalized spacial score (nSPS) is 38.5. The lowest BCUT2D eigenvalue weighted by atomic mass is 9.88. The van der Waals surface area contributed by atoms with Crippen LogP contribution in [-0.2, 0) is 4.79 Å². The van der Waals surface area contributed by atoms with Crippen LogP contribution in [0.25, 0.3) is 0 Å². The molecule has 3 nitrogen and oxygen atoms in total. The molecule has 11 heavy (non-hydrogen) atoms. The van der Waals surface area contributed by atoms with Crippen LogP contribution in [0.1, 0.15) is 26.7 Å². The molecule has 0 spiro atoms. The molecule has 1 aliphatic rings. The highest BCUT2D eigenvalue weighted by Gasteiger charge is 2.28. The number of piperidine rings is 1. The summed E-state index contributed by atoms with van der Waals surface area (Å²) < 4.78 is 0. The van der Waals surface area contributed by atoms with Gasteiger partial charge in [-0.1, -0.05) is 0 Å². The standard InChI is InChI=1S/C8H16N2O/c1-5-3-4-7(8(9)11)6(2)10-5/h5-7,10H,3-4H2,1-2H3,(H2,9,11)/t5-,6-,7-/m1/s1. The zero-order valence-electron chi connectivity index (χ0n) is 7.13. The number of hydrogen-bond acceptors (Lipinski definition) is 2. The molecule has 3 heteroatoms. The Morgan fingerprint density at radius 3 is 2.55 bits per heavy atom. The quantitative estimate of drug-likeness (QED) is 0.571. The third kappa shape index (κ3) is 1.93. The van der Waals surface area contributed by atoms with Crippen LogP contribution >= 0.6 is 0 Å². The van der Waals surface area contributed by atoms with Gasteiger partial charge in [-0.05, 0) is 26.7 Å². The van der Waals surface area contributed by atoms with Gasteiger partial charge >= 0.3 is 0 Å². The Balaban J connectivity index is 2.50. The lowest BCUT2D eigenvalue weighted by Gasteiger charge is -2.31. The predicted molar refractivity (Wildman–Crippen MR) is 44.0 cm³/mol. The summed E-state index contributed by atoms with van der Waals surface area (Å²) in [4.78, 5) is 10.9. The molecule has 1 fully saturated rings.